The second-order valence-corrected chi connectivity index (χ2v) is 6.96. The quantitative estimate of drug-likeness (QED) is 0.417. The van der Waals surface area contributed by atoms with Gasteiger partial charge in [0.25, 0.3) is 11.6 Å². The van der Waals surface area contributed by atoms with Gasteiger partial charge >= 0.3 is 5.97 Å². The van der Waals surface area contributed by atoms with Crippen LogP contribution in [0.25, 0.3) is 0 Å². The number of aryl methyl sites for hydroxylation is 2. The van der Waals surface area contributed by atoms with Crippen LogP contribution in [-0.2, 0) is 16.0 Å². The Morgan fingerprint density at radius 2 is 2.04 bits per heavy atom. The highest BCUT2D eigenvalue weighted by atomic mass is 32.1. The van der Waals surface area contributed by atoms with Gasteiger partial charge in [-0.25, -0.2) is 4.79 Å². The number of rotatable bonds is 8. The standard InChI is InChI=1S/C18H20N2O6S/c1-4-5-12-8-16(27-11(12)2)18(22)26-10-17(21)19-14-7-6-13(20(23)24)9-15(14)25-3/h6-9H,4-5,10H2,1-3H3,(H,19,21). The molecule has 9 heteroatoms. The maximum Gasteiger partial charge on any atom is 0.348 e. The number of esters is 1. The molecule has 0 fully saturated rings. The fourth-order valence-corrected chi connectivity index (χ4v) is 3.39. The van der Waals surface area contributed by atoms with Gasteiger partial charge in [-0.15, -0.1) is 11.3 Å². The lowest BCUT2D eigenvalue weighted by molar-refractivity contribution is -0.384. The summed E-state index contributed by atoms with van der Waals surface area (Å²) in [5, 5.41) is 13.3. The van der Waals surface area contributed by atoms with Gasteiger partial charge in [0, 0.05) is 10.9 Å². The number of thiophene rings is 1. The molecule has 0 unspecified atom stereocenters. The van der Waals surface area contributed by atoms with E-state index < -0.39 is 23.4 Å². The minimum absolute atomic E-state index is 0.141. The van der Waals surface area contributed by atoms with Crippen molar-refractivity contribution >= 4 is 34.6 Å². The lowest BCUT2D eigenvalue weighted by Gasteiger charge is -2.10. The van der Waals surface area contributed by atoms with Gasteiger partial charge in [-0.2, -0.15) is 0 Å². The van der Waals surface area contributed by atoms with Crippen molar-refractivity contribution in [2.75, 3.05) is 19.0 Å². The summed E-state index contributed by atoms with van der Waals surface area (Å²) in [5.41, 5.74) is 1.20. The van der Waals surface area contributed by atoms with Crippen LogP contribution in [0.4, 0.5) is 11.4 Å². The summed E-state index contributed by atoms with van der Waals surface area (Å²) in [6, 6.07) is 5.60. The van der Waals surface area contributed by atoms with Crippen molar-refractivity contribution in [3.05, 3.63) is 49.7 Å². The Hall–Kier alpha value is -2.94. The van der Waals surface area contributed by atoms with E-state index in [1.54, 1.807) is 6.07 Å². The Balaban J connectivity index is 1.97. The van der Waals surface area contributed by atoms with E-state index in [0.717, 1.165) is 23.3 Å². The summed E-state index contributed by atoms with van der Waals surface area (Å²) >= 11 is 1.34. The zero-order valence-corrected chi connectivity index (χ0v) is 16.1. The Labute approximate surface area is 160 Å². The number of hydrogen-bond acceptors (Lipinski definition) is 7. The summed E-state index contributed by atoms with van der Waals surface area (Å²) in [4.78, 5) is 35.9. The number of benzene rings is 1. The van der Waals surface area contributed by atoms with Crippen molar-refractivity contribution < 1.29 is 24.0 Å². The number of anilines is 1. The summed E-state index contributed by atoms with van der Waals surface area (Å²) in [6.07, 6.45) is 1.86. The molecule has 0 bridgehead atoms. The minimum atomic E-state index is -0.572. The molecule has 0 aliphatic heterocycles. The van der Waals surface area contributed by atoms with Crippen molar-refractivity contribution in [2.45, 2.75) is 26.7 Å². The number of non-ortho nitro benzene ring substituents is 1. The molecule has 27 heavy (non-hydrogen) atoms. The van der Waals surface area contributed by atoms with E-state index in [2.05, 4.69) is 12.2 Å². The monoisotopic (exact) mass is 392 g/mol. The predicted molar refractivity (Wildman–Crippen MR) is 102 cm³/mol. The van der Waals surface area contributed by atoms with Crippen molar-refractivity contribution in [1.29, 1.82) is 0 Å². The van der Waals surface area contributed by atoms with Gasteiger partial charge in [0.05, 0.1) is 23.8 Å². The van der Waals surface area contributed by atoms with E-state index in [1.807, 2.05) is 6.92 Å². The van der Waals surface area contributed by atoms with Gasteiger partial charge < -0.3 is 14.8 Å². The topological polar surface area (TPSA) is 108 Å². The number of carbonyl (C=O) groups excluding carboxylic acids is 2. The molecular formula is C18H20N2O6S. The third-order valence-corrected chi connectivity index (χ3v) is 4.82. The van der Waals surface area contributed by atoms with Gasteiger partial charge in [0.2, 0.25) is 0 Å². The number of carbonyl (C=O) groups is 2. The van der Waals surface area contributed by atoms with Crippen LogP contribution in [0, 0.1) is 17.0 Å². The van der Waals surface area contributed by atoms with Crippen LogP contribution in [0.3, 0.4) is 0 Å². The number of amides is 1. The number of nitro groups is 1. The van der Waals surface area contributed by atoms with E-state index in [4.69, 9.17) is 9.47 Å². The molecule has 0 aliphatic rings. The lowest BCUT2D eigenvalue weighted by atomic mass is 10.1. The summed E-state index contributed by atoms with van der Waals surface area (Å²) < 4.78 is 10.1. The Bertz CT molecular complexity index is 862. The number of ether oxygens (including phenoxy) is 2. The Morgan fingerprint density at radius 1 is 1.30 bits per heavy atom. The Kier molecular flexibility index (Phi) is 6.89. The fraction of sp³-hybridized carbons (Fsp3) is 0.333. The molecule has 1 amide bonds. The number of nitrogens with zero attached hydrogens (tertiary/aromatic N) is 1. The molecule has 0 saturated heterocycles. The largest absolute Gasteiger partial charge is 0.494 e. The highest BCUT2D eigenvalue weighted by Crippen LogP contribution is 2.29. The first-order valence-electron chi connectivity index (χ1n) is 8.24. The molecular weight excluding hydrogens is 372 g/mol. The lowest BCUT2D eigenvalue weighted by Crippen LogP contribution is -2.21. The van der Waals surface area contributed by atoms with Gasteiger partial charge in [0.15, 0.2) is 6.61 Å². The van der Waals surface area contributed by atoms with E-state index in [1.165, 1.54) is 36.6 Å². The molecule has 0 atom stereocenters. The normalized spacial score (nSPS) is 10.3. The van der Waals surface area contributed by atoms with Gasteiger partial charge in [0.1, 0.15) is 10.6 Å². The highest BCUT2D eigenvalue weighted by Gasteiger charge is 2.17. The third kappa shape index (κ3) is 5.27. The van der Waals surface area contributed by atoms with E-state index >= 15 is 0 Å². The maximum absolute atomic E-state index is 12.1. The molecule has 0 saturated carbocycles. The first-order chi connectivity index (χ1) is 12.8. The predicted octanol–water partition coefficient (Wildman–Crippen LogP) is 3.72. The average molecular weight is 392 g/mol. The molecule has 2 aromatic rings. The summed E-state index contributed by atoms with van der Waals surface area (Å²) in [6.45, 7) is 3.53. The second kappa shape index (κ2) is 9.13. The van der Waals surface area contributed by atoms with Crippen molar-refractivity contribution in [3.8, 4) is 5.75 Å². The van der Waals surface area contributed by atoms with Crippen LogP contribution < -0.4 is 10.1 Å². The maximum atomic E-state index is 12.1. The fourth-order valence-electron chi connectivity index (χ4n) is 2.42. The van der Waals surface area contributed by atoms with Crippen molar-refractivity contribution in [1.82, 2.24) is 0 Å². The zero-order valence-electron chi connectivity index (χ0n) is 15.2. The van der Waals surface area contributed by atoms with Gasteiger partial charge in [-0.05, 0) is 31.0 Å². The SMILES string of the molecule is CCCc1cc(C(=O)OCC(=O)Nc2ccc([N+](=O)[O-])cc2OC)sc1C. The first kappa shape index (κ1) is 20.4. The highest BCUT2D eigenvalue weighted by molar-refractivity contribution is 7.14. The molecule has 1 heterocycles. The molecule has 8 nitrogen and oxygen atoms in total. The van der Waals surface area contributed by atoms with E-state index in [9.17, 15) is 19.7 Å². The smallest absolute Gasteiger partial charge is 0.348 e. The average Bonchev–Trinajstić information content (AvgIpc) is 3.01. The molecule has 0 spiro atoms. The zero-order chi connectivity index (χ0) is 20.0. The van der Waals surface area contributed by atoms with Crippen LogP contribution >= 0.6 is 11.3 Å². The van der Waals surface area contributed by atoms with Gasteiger partial charge in [-0.3, -0.25) is 14.9 Å². The molecule has 1 aromatic carbocycles. The molecule has 0 radical (unpaired) electrons. The van der Waals surface area contributed by atoms with E-state index in [-0.39, 0.29) is 17.1 Å². The number of methoxy groups -OCH3 is 1. The molecule has 1 N–H and O–H groups in total. The summed E-state index contributed by atoms with van der Waals surface area (Å²) in [7, 11) is 1.34. The van der Waals surface area contributed by atoms with Crippen LogP contribution in [0.2, 0.25) is 0 Å². The summed E-state index contributed by atoms with van der Waals surface area (Å²) in [5.74, 6) is -0.990. The van der Waals surface area contributed by atoms with Gasteiger partial charge in [-0.1, -0.05) is 13.3 Å². The molecule has 1 aromatic heterocycles. The molecule has 144 valence electrons. The van der Waals surface area contributed by atoms with Crippen LogP contribution in [0.15, 0.2) is 24.3 Å². The van der Waals surface area contributed by atoms with Crippen LogP contribution in [-0.4, -0.2) is 30.5 Å². The van der Waals surface area contributed by atoms with Crippen molar-refractivity contribution in [3.63, 3.8) is 0 Å². The molecule has 0 aliphatic carbocycles. The minimum Gasteiger partial charge on any atom is -0.494 e. The number of hydrogen-bond donors (Lipinski definition) is 1. The first-order valence-corrected chi connectivity index (χ1v) is 9.06. The molecule has 2 rings (SSSR count). The second-order valence-electron chi connectivity index (χ2n) is 5.71. The van der Waals surface area contributed by atoms with E-state index in [0.29, 0.717) is 4.88 Å². The Morgan fingerprint density at radius 3 is 2.67 bits per heavy atom. The van der Waals surface area contributed by atoms with Crippen molar-refractivity contribution in [2.24, 2.45) is 0 Å². The number of nitro benzene ring substituents is 1. The van der Waals surface area contributed by atoms with Crippen LogP contribution in [0.1, 0.15) is 33.5 Å². The number of nitrogens with one attached hydrogen (secondary N) is 1. The van der Waals surface area contributed by atoms with Crippen LogP contribution in [0.5, 0.6) is 5.75 Å². The third-order valence-electron chi connectivity index (χ3n) is 3.75.